The van der Waals surface area contributed by atoms with E-state index in [1.165, 1.54) is 16.8 Å². The summed E-state index contributed by atoms with van der Waals surface area (Å²) in [6, 6.07) is 11.9. The molecule has 1 aliphatic heterocycles. The molecular weight excluding hydrogens is 334 g/mol. The number of para-hydroxylation sites is 1. The van der Waals surface area contributed by atoms with Gasteiger partial charge in [0.05, 0.1) is 0 Å². The summed E-state index contributed by atoms with van der Waals surface area (Å²) >= 11 is 6.13. The first kappa shape index (κ1) is 17.6. The second-order valence-corrected chi connectivity index (χ2v) is 7.02. The number of hydrogen-bond donors (Lipinski definition) is 1. The smallest absolute Gasteiger partial charge is 0.321 e. The van der Waals surface area contributed by atoms with Crippen LogP contribution in [0, 0.1) is 20.8 Å². The molecule has 132 valence electrons. The molecule has 2 aromatic rings. The summed E-state index contributed by atoms with van der Waals surface area (Å²) in [6.45, 7) is 9.33. The van der Waals surface area contributed by atoms with Crippen molar-refractivity contribution in [3.05, 3.63) is 58.1 Å². The quantitative estimate of drug-likeness (QED) is 0.851. The second-order valence-electron chi connectivity index (χ2n) is 6.61. The lowest BCUT2D eigenvalue weighted by Crippen LogP contribution is -2.50. The van der Waals surface area contributed by atoms with E-state index < -0.39 is 0 Å². The van der Waals surface area contributed by atoms with E-state index in [9.17, 15) is 4.79 Å². The topological polar surface area (TPSA) is 35.6 Å². The van der Waals surface area contributed by atoms with Crippen LogP contribution in [0.1, 0.15) is 16.7 Å². The van der Waals surface area contributed by atoms with Crippen molar-refractivity contribution in [2.75, 3.05) is 36.4 Å². The number of anilines is 2. The Bertz CT molecular complexity index is 762. The van der Waals surface area contributed by atoms with Gasteiger partial charge in [0.25, 0.3) is 0 Å². The Morgan fingerprint density at radius 1 is 0.960 bits per heavy atom. The first-order valence-electron chi connectivity index (χ1n) is 8.59. The highest BCUT2D eigenvalue weighted by molar-refractivity contribution is 6.31. The summed E-state index contributed by atoms with van der Waals surface area (Å²) in [5.41, 5.74) is 5.60. The van der Waals surface area contributed by atoms with Gasteiger partial charge >= 0.3 is 6.03 Å². The van der Waals surface area contributed by atoms with Gasteiger partial charge in [0.2, 0.25) is 0 Å². The molecule has 0 spiro atoms. The lowest BCUT2D eigenvalue weighted by atomic mass is 10.1. The molecule has 1 fully saturated rings. The second kappa shape index (κ2) is 7.36. The Labute approximate surface area is 154 Å². The maximum Gasteiger partial charge on any atom is 0.321 e. The zero-order chi connectivity index (χ0) is 18.0. The Kier molecular flexibility index (Phi) is 5.19. The van der Waals surface area contributed by atoms with E-state index in [2.05, 4.69) is 42.3 Å². The zero-order valence-electron chi connectivity index (χ0n) is 15.0. The third-order valence-corrected chi connectivity index (χ3v) is 5.15. The minimum absolute atomic E-state index is 0.0684. The summed E-state index contributed by atoms with van der Waals surface area (Å²) in [7, 11) is 0. The molecule has 1 aliphatic rings. The molecule has 1 N–H and O–H groups in total. The van der Waals surface area contributed by atoms with Crippen molar-refractivity contribution < 1.29 is 4.79 Å². The van der Waals surface area contributed by atoms with Crippen LogP contribution in [0.15, 0.2) is 36.4 Å². The van der Waals surface area contributed by atoms with E-state index >= 15 is 0 Å². The van der Waals surface area contributed by atoms with E-state index in [4.69, 9.17) is 11.6 Å². The monoisotopic (exact) mass is 357 g/mol. The highest BCUT2D eigenvalue weighted by Gasteiger charge is 2.23. The fraction of sp³-hybridized carbons (Fsp3) is 0.350. The SMILES string of the molecule is Cc1ccc(NC(=O)N2CCN(c3c(C)cccc3C)CC2)cc1Cl. The van der Waals surface area contributed by atoms with Crippen LogP contribution in [-0.2, 0) is 0 Å². The van der Waals surface area contributed by atoms with E-state index in [-0.39, 0.29) is 6.03 Å². The molecule has 0 bridgehead atoms. The van der Waals surface area contributed by atoms with E-state index in [0.29, 0.717) is 18.1 Å². The van der Waals surface area contributed by atoms with Gasteiger partial charge in [0.15, 0.2) is 0 Å². The summed E-state index contributed by atoms with van der Waals surface area (Å²) < 4.78 is 0. The highest BCUT2D eigenvalue weighted by atomic mass is 35.5. The van der Waals surface area contributed by atoms with Crippen LogP contribution in [0.2, 0.25) is 5.02 Å². The minimum atomic E-state index is -0.0684. The number of rotatable bonds is 2. The van der Waals surface area contributed by atoms with Crippen molar-refractivity contribution in [3.8, 4) is 0 Å². The average Bonchev–Trinajstić information content (AvgIpc) is 2.58. The van der Waals surface area contributed by atoms with E-state index in [1.54, 1.807) is 6.07 Å². The number of halogens is 1. The van der Waals surface area contributed by atoms with Crippen molar-refractivity contribution in [1.29, 1.82) is 0 Å². The van der Waals surface area contributed by atoms with Crippen molar-refractivity contribution in [2.45, 2.75) is 20.8 Å². The molecule has 0 saturated carbocycles. The molecule has 2 amide bonds. The fourth-order valence-corrected chi connectivity index (χ4v) is 3.49. The molecule has 2 aromatic carbocycles. The van der Waals surface area contributed by atoms with Crippen LogP contribution in [-0.4, -0.2) is 37.1 Å². The Hall–Kier alpha value is -2.20. The molecular formula is C20H24ClN3O. The summed E-state index contributed by atoms with van der Waals surface area (Å²) in [6.07, 6.45) is 0. The first-order chi connectivity index (χ1) is 12.0. The van der Waals surface area contributed by atoms with Gasteiger partial charge in [-0.15, -0.1) is 0 Å². The number of urea groups is 1. The molecule has 0 unspecified atom stereocenters. The number of nitrogens with one attached hydrogen (secondary N) is 1. The van der Waals surface area contributed by atoms with Gasteiger partial charge in [0, 0.05) is 42.6 Å². The van der Waals surface area contributed by atoms with Gasteiger partial charge in [-0.1, -0.05) is 35.9 Å². The molecule has 0 aromatic heterocycles. The molecule has 0 atom stereocenters. The number of hydrogen-bond acceptors (Lipinski definition) is 2. The summed E-state index contributed by atoms with van der Waals surface area (Å²) in [4.78, 5) is 16.7. The maximum atomic E-state index is 12.5. The molecule has 3 rings (SSSR count). The number of nitrogens with zero attached hydrogens (tertiary/aromatic N) is 2. The largest absolute Gasteiger partial charge is 0.368 e. The number of carbonyl (C=O) groups excluding carboxylic acids is 1. The lowest BCUT2D eigenvalue weighted by molar-refractivity contribution is 0.208. The number of aryl methyl sites for hydroxylation is 3. The zero-order valence-corrected chi connectivity index (χ0v) is 15.7. The molecule has 1 saturated heterocycles. The van der Waals surface area contributed by atoms with Crippen molar-refractivity contribution >= 4 is 29.0 Å². The molecule has 1 heterocycles. The van der Waals surface area contributed by atoms with Crippen molar-refractivity contribution in [1.82, 2.24) is 4.90 Å². The van der Waals surface area contributed by atoms with Crippen LogP contribution in [0.5, 0.6) is 0 Å². The Morgan fingerprint density at radius 2 is 1.60 bits per heavy atom. The standard InChI is InChI=1S/C20H24ClN3O/c1-14-7-8-17(13-18(14)21)22-20(25)24-11-9-23(10-12-24)19-15(2)5-4-6-16(19)3/h4-8,13H,9-12H2,1-3H3,(H,22,25). The molecule has 4 nitrogen and oxygen atoms in total. The van der Waals surface area contributed by atoms with Gasteiger partial charge in [-0.25, -0.2) is 4.79 Å². The van der Waals surface area contributed by atoms with Crippen LogP contribution >= 0.6 is 11.6 Å². The van der Waals surface area contributed by atoms with E-state index in [0.717, 1.165) is 24.3 Å². The van der Waals surface area contributed by atoms with Gasteiger partial charge in [-0.2, -0.15) is 0 Å². The van der Waals surface area contributed by atoms with Gasteiger partial charge < -0.3 is 15.1 Å². The predicted molar refractivity (Wildman–Crippen MR) is 105 cm³/mol. The van der Waals surface area contributed by atoms with Gasteiger partial charge in [-0.05, 0) is 49.6 Å². The third-order valence-electron chi connectivity index (χ3n) is 4.75. The maximum absolute atomic E-state index is 12.5. The average molecular weight is 358 g/mol. The number of amides is 2. The fourth-order valence-electron chi connectivity index (χ4n) is 3.31. The first-order valence-corrected chi connectivity index (χ1v) is 8.97. The van der Waals surface area contributed by atoms with Crippen LogP contribution in [0.4, 0.5) is 16.2 Å². The molecule has 25 heavy (non-hydrogen) atoms. The normalized spacial score (nSPS) is 14.6. The molecule has 5 heteroatoms. The van der Waals surface area contributed by atoms with Crippen LogP contribution < -0.4 is 10.2 Å². The van der Waals surface area contributed by atoms with E-state index in [1.807, 2.05) is 24.0 Å². The van der Waals surface area contributed by atoms with Gasteiger partial charge in [0.1, 0.15) is 0 Å². The Morgan fingerprint density at radius 3 is 2.20 bits per heavy atom. The molecule has 0 radical (unpaired) electrons. The lowest BCUT2D eigenvalue weighted by Gasteiger charge is -2.37. The van der Waals surface area contributed by atoms with Gasteiger partial charge in [-0.3, -0.25) is 0 Å². The van der Waals surface area contributed by atoms with Crippen molar-refractivity contribution in [2.24, 2.45) is 0 Å². The number of benzene rings is 2. The van der Waals surface area contributed by atoms with Crippen molar-refractivity contribution in [3.63, 3.8) is 0 Å². The summed E-state index contributed by atoms with van der Waals surface area (Å²) in [5.74, 6) is 0. The van der Waals surface area contributed by atoms with Crippen LogP contribution in [0.25, 0.3) is 0 Å². The highest BCUT2D eigenvalue weighted by Crippen LogP contribution is 2.26. The number of piperazine rings is 1. The number of carbonyl (C=O) groups is 1. The Balaban J connectivity index is 1.62. The summed E-state index contributed by atoms with van der Waals surface area (Å²) in [5, 5.41) is 3.61. The third kappa shape index (κ3) is 3.90. The van der Waals surface area contributed by atoms with Crippen LogP contribution in [0.3, 0.4) is 0 Å². The predicted octanol–water partition coefficient (Wildman–Crippen LogP) is 4.62. The molecule has 0 aliphatic carbocycles. The minimum Gasteiger partial charge on any atom is -0.368 e.